The van der Waals surface area contributed by atoms with Gasteiger partial charge < -0.3 is 29.5 Å². The summed E-state index contributed by atoms with van der Waals surface area (Å²) in [6.45, 7) is 6.38. The number of phenolic OH excluding ortho intramolecular Hbond substituents is 2. The first-order valence-electron chi connectivity index (χ1n) is 12.1. The van der Waals surface area contributed by atoms with Crippen LogP contribution in [0, 0.1) is 13.8 Å². The van der Waals surface area contributed by atoms with Crippen LogP contribution < -0.4 is 9.47 Å². The van der Waals surface area contributed by atoms with Crippen LogP contribution in [0.2, 0.25) is 0 Å². The summed E-state index contributed by atoms with van der Waals surface area (Å²) < 4.78 is 16.5. The minimum Gasteiger partial charge on any atom is -0.508 e. The molecule has 190 valence electrons. The lowest BCUT2D eigenvalue weighted by Gasteiger charge is -2.14. The quantitative estimate of drug-likeness (QED) is 0.405. The van der Waals surface area contributed by atoms with Gasteiger partial charge >= 0.3 is 5.97 Å². The summed E-state index contributed by atoms with van der Waals surface area (Å²) in [4.78, 5) is 11.0. The zero-order valence-electron chi connectivity index (χ0n) is 20.6. The van der Waals surface area contributed by atoms with Crippen LogP contribution in [0.25, 0.3) is 11.1 Å². The Morgan fingerprint density at radius 1 is 1.00 bits per heavy atom. The van der Waals surface area contributed by atoms with Crippen molar-refractivity contribution < 1.29 is 34.3 Å². The molecular formula is C29H32O7. The fourth-order valence-electron chi connectivity index (χ4n) is 4.65. The lowest BCUT2D eigenvalue weighted by molar-refractivity contribution is -0.137. The van der Waals surface area contributed by atoms with Crippen molar-refractivity contribution in [2.75, 3.05) is 19.8 Å². The molecule has 2 aliphatic heterocycles. The van der Waals surface area contributed by atoms with Crippen LogP contribution in [-0.2, 0) is 16.1 Å². The predicted molar refractivity (Wildman–Crippen MR) is 136 cm³/mol. The van der Waals surface area contributed by atoms with E-state index >= 15 is 0 Å². The summed E-state index contributed by atoms with van der Waals surface area (Å²) in [5, 5.41) is 29.1. The van der Waals surface area contributed by atoms with Gasteiger partial charge in [-0.3, -0.25) is 4.79 Å². The Morgan fingerprint density at radius 2 is 1.72 bits per heavy atom. The molecule has 36 heavy (non-hydrogen) atoms. The van der Waals surface area contributed by atoms with E-state index in [2.05, 4.69) is 0 Å². The van der Waals surface area contributed by atoms with Crippen LogP contribution in [0.1, 0.15) is 47.4 Å². The molecule has 3 aromatic rings. The lowest BCUT2D eigenvalue weighted by Crippen LogP contribution is -2.07. The largest absolute Gasteiger partial charge is 0.508 e. The van der Waals surface area contributed by atoms with Crippen molar-refractivity contribution in [2.24, 2.45) is 0 Å². The van der Waals surface area contributed by atoms with Crippen molar-refractivity contribution in [3.8, 4) is 34.1 Å². The second-order valence-corrected chi connectivity index (χ2v) is 9.21. The van der Waals surface area contributed by atoms with Gasteiger partial charge in [0.15, 0.2) is 0 Å². The number of aryl methyl sites for hydroxylation is 2. The highest BCUT2D eigenvalue weighted by molar-refractivity contribution is 5.73. The third-order valence-corrected chi connectivity index (χ3v) is 6.39. The van der Waals surface area contributed by atoms with Gasteiger partial charge in [-0.05, 0) is 79.3 Å². The summed E-state index contributed by atoms with van der Waals surface area (Å²) in [6, 6.07) is 14.2. The van der Waals surface area contributed by atoms with E-state index in [0.717, 1.165) is 41.0 Å². The van der Waals surface area contributed by atoms with Gasteiger partial charge in [0.25, 0.3) is 0 Å². The summed E-state index contributed by atoms with van der Waals surface area (Å²) >= 11 is 0. The first-order chi connectivity index (χ1) is 17.3. The van der Waals surface area contributed by atoms with E-state index in [1.807, 2.05) is 32.0 Å². The van der Waals surface area contributed by atoms with Gasteiger partial charge in [0.1, 0.15) is 29.6 Å². The number of benzene rings is 3. The number of phenols is 2. The van der Waals surface area contributed by atoms with E-state index in [9.17, 15) is 15.0 Å². The molecule has 1 saturated heterocycles. The molecule has 7 heteroatoms. The summed E-state index contributed by atoms with van der Waals surface area (Å²) in [7, 11) is 0. The van der Waals surface area contributed by atoms with Gasteiger partial charge in [-0.15, -0.1) is 0 Å². The Balaban J connectivity index is 0.000000543. The molecule has 0 aliphatic carbocycles. The lowest BCUT2D eigenvalue weighted by atomic mass is 9.94. The third-order valence-electron chi connectivity index (χ3n) is 6.39. The molecule has 1 atom stereocenters. The van der Waals surface area contributed by atoms with Crippen LogP contribution in [-0.4, -0.2) is 41.1 Å². The normalized spacial score (nSPS) is 16.0. The number of carboxylic acids is 1. The van der Waals surface area contributed by atoms with Gasteiger partial charge in [-0.2, -0.15) is 0 Å². The number of carbonyl (C=O) groups is 1. The van der Waals surface area contributed by atoms with Gasteiger partial charge in [-0.1, -0.05) is 12.1 Å². The smallest absolute Gasteiger partial charge is 0.304 e. The Labute approximate surface area is 210 Å². The van der Waals surface area contributed by atoms with Crippen molar-refractivity contribution in [3.05, 3.63) is 70.8 Å². The number of aromatic hydroxyl groups is 2. The fraction of sp³-hybridized carbons (Fsp3) is 0.345. The highest BCUT2D eigenvalue weighted by atomic mass is 16.5. The van der Waals surface area contributed by atoms with Crippen LogP contribution in [0.15, 0.2) is 48.5 Å². The summed E-state index contributed by atoms with van der Waals surface area (Å²) in [5.41, 5.74) is 5.34. The van der Waals surface area contributed by atoms with E-state index < -0.39 is 5.97 Å². The molecule has 2 heterocycles. The number of fused-ring (bicyclic) bond motifs is 1. The van der Waals surface area contributed by atoms with Gasteiger partial charge in [-0.25, -0.2) is 0 Å². The molecule has 5 rings (SSSR count). The average molecular weight is 493 g/mol. The molecule has 0 amide bonds. The number of ether oxygens (including phenoxy) is 3. The van der Waals surface area contributed by atoms with Crippen molar-refractivity contribution in [2.45, 2.75) is 45.6 Å². The first-order valence-corrected chi connectivity index (χ1v) is 12.1. The molecule has 3 N–H and O–H groups in total. The molecule has 1 fully saturated rings. The van der Waals surface area contributed by atoms with E-state index in [-0.39, 0.29) is 30.4 Å². The first kappa shape index (κ1) is 25.4. The molecule has 0 radical (unpaired) electrons. The van der Waals surface area contributed by atoms with Crippen LogP contribution in [0.3, 0.4) is 0 Å². The van der Waals surface area contributed by atoms with Crippen molar-refractivity contribution in [3.63, 3.8) is 0 Å². The van der Waals surface area contributed by atoms with E-state index in [0.29, 0.717) is 23.7 Å². The predicted octanol–water partition coefficient (Wildman–Crippen LogP) is 5.71. The molecule has 3 aromatic carbocycles. The van der Waals surface area contributed by atoms with Crippen molar-refractivity contribution in [1.82, 2.24) is 0 Å². The highest BCUT2D eigenvalue weighted by Crippen LogP contribution is 2.39. The monoisotopic (exact) mass is 492 g/mol. The molecule has 1 unspecified atom stereocenters. The molecule has 0 saturated carbocycles. The highest BCUT2D eigenvalue weighted by Gasteiger charge is 2.26. The third kappa shape index (κ3) is 6.10. The minimum absolute atomic E-state index is 0.0317. The Bertz CT molecular complexity index is 1200. The molecular weight excluding hydrogens is 460 g/mol. The molecule has 0 spiro atoms. The van der Waals surface area contributed by atoms with Crippen molar-refractivity contribution in [1.29, 1.82) is 0 Å². The number of hydrogen-bond donors (Lipinski definition) is 3. The van der Waals surface area contributed by atoms with Gasteiger partial charge in [0.2, 0.25) is 0 Å². The minimum atomic E-state index is -0.851. The number of aliphatic carboxylic acids is 1. The maximum absolute atomic E-state index is 11.0. The van der Waals surface area contributed by atoms with Crippen LogP contribution >= 0.6 is 0 Å². The summed E-state index contributed by atoms with van der Waals surface area (Å²) in [6.07, 6.45) is 2.59. The topological polar surface area (TPSA) is 105 Å². The van der Waals surface area contributed by atoms with E-state index in [1.54, 1.807) is 30.3 Å². The van der Waals surface area contributed by atoms with Crippen LogP contribution in [0.4, 0.5) is 0 Å². The summed E-state index contributed by atoms with van der Waals surface area (Å²) in [5.74, 6) is 0.575. The maximum Gasteiger partial charge on any atom is 0.304 e. The molecule has 7 nitrogen and oxygen atoms in total. The zero-order valence-corrected chi connectivity index (χ0v) is 20.6. The zero-order chi connectivity index (χ0) is 25.7. The van der Waals surface area contributed by atoms with E-state index in [4.69, 9.17) is 19.3 Å². The standard InChI is InChI=1S/C25H24O6.C4H8O/c1-14-7-19(26)8-15(2)25(14)16-3-6-22(27)18(9-16)13-30-20-4-5-21-17(10-24(28)29)12-31-23(21)11-20;1-2-4-5-3-1/h3-9,11,17,26-27H,10,12-13H2,1-2H3,(H,28,29);1-4H2. The van der Waals surface area contributed by atoms with Crippen LogP contribution in [0.5, 0.6) is 23.0 Å². The van der Waals surface area contributed by atoms with Gasteiger partial charge in [0.05, 0.1) is 13.0 Å². The van der Waals surface area contributed by atoms with E-state index in [1.165, 1.54) is 12.8 Å². The Morgan fingerprint density at radius 3 is 2.36 bits per heavy atom. The van der Waals surface area contributed by atoms with Crippen molar-refractivity contribution >= 4 is 5.97 Å². The number of carboxylic acid groups (broad SMARTS) is 1. The second-order valence-electron chi connectivity index (χ2n) is 9.21. The maximum atomic E-state index is 11.0. The Hall–Kier alpha value is -3.71. The average Bonchev–Trinajstić information content (AvgIpc) is 3.52. The number of rotatable bonds is 6. The second kappa shape index (κ2) is 11.4. The fourth-order valence-corrected chi connectivity index (χ4v) is 4.65. The molecule has 0 aromatic heterocycles. The SMILES string of the molecule is C1CCOC1.Cc1cc(O)cc(C)c1-c1ccc(O)c(COc2ccc3c(c2)OCC3CC(=O)O)c1. The molecule has 2 aliphatic rings. The number of hydrogen-bond acceptors (Lipinski definition) is 6. The van der Waals surface area contributed by atoms with Gasteiger partial charge in [0, 0.05) is 36.3 Å². The molecule has 0 bridgehead atoms. The Kier molecular flexibility index (Phi) is 8.00.